The van der Waals surface area contributed by atoms with Crippen molar-refractivity contribution in [3.63, 3.8) is 0 Å². The van der Waals surface area contributed by atoms with E-state index in [1.54, 1.807) is 24.3 Å². The van der Waals surface area contributed by atoms with Gasteiger partial charge in [-0.25, -0.2) is 8.42 Å². The molecule has 0 saturated carbocycles. The molecule has 2 rings (SSSR count). The Bertz CT molecular complexity index is 652. The standard InChI is InChI=1S/C11H11BrN2O3S/c12-10-3-1-2-4-11(10)14-18(16,17)9-5-8(7-15)13-6-9/h1-6,13-15H,7H2. The molecule has 3 N–H and O–H groups in total. The third kappa shape index (κ3) is 2.74. The van der Waals surface area contributed by atoms with Crippen LogP contribution < -0.4 is 4.72 Å². The zero-order chi connectivity index (χ0) is 13.2. The van der Waals surface area contributed by atoms with Crippen molar-refractivity contribution in [1.82, 2.24) is 4.98 Å². The number of halogens is 1. The average Bonchev–Trinajstić information content (AvgIpc) is 2.81. The lowest BCUT2D eigenvalue weighted by atomic mass is 10.3. The molecule has 18 heavy (non-hydrogen) atoms. The molecule has 0 bridgehead atoms. The Morgan fingerprint density at radius 1 is 1.33 bits per heavy atom. The van der Waals surface area contributed by atoms with Crippen LogP contribution in [0.5, 0.6) is 0 Å². The van der Waals surface area contributed by atoms with Crippen LogP contribution in [-0.4, -0.2) is 18.5 Å². The Labute approximate surface area is 113 Å². The SMILES string of the molecule is O=S(=O)(Nc1ccccc1Br)c1c[nH]c(CO)c1. The van der Waals surface area contributed by atoms with Gasteiger partial charge in [-0.15, -0.1) is 0 Å². The molecule has 2 aromatic rings. The number of H-pyrrole nitrogens is 1. The molecular formula is C11H11BrN2O3S. The zero-order valence-corrected chi connectivity index (χ0v) is 11.6. The zero-order valence-electron chi connectivity index (χ0n) is 9.22. The summed E-state index contributed by atoms with van der Waals surface area (Å²) in [4.78, 5) is 2.77. The molecule has 0 fully saturated rings. The number of sulfonamides is 1. The first-order valence-corrected chi connectivity index (χ1v) is 7.36. The summed E-state index contributed by atoms with van der Waals surface area (Å²) in [5.41, 5.74) is 0.909. The number of anilines is 1. The van der Waals surface area contributed by atoms with Crippen LogP contribution in [0.25, 0.3) is 0 Å². The quantitative estimate of drug-likeness (QED) is 0.802. The predicted molar refractivity (Wildman–Crippen MR) is 71.7 cm³/mol. The van der Waals surface area contributed by atoms with Crippen LogP contribution in [0.3, 0.4) is 0 Å². The van der Waals surface area contributed by atoms with Crippen LogP contribution in [0.2, 0.25) is 0 Å². The van der Waals surface area contributed by atoms with Gasteiger partial charge in [0.05, 0.1) is 12.3 Å². The van der Waals surface area contributed by atoms with Crippen LogP contribution in [0.4, 0.5) is 5.69 Å². The van der Waals surface area contributed by atoms with Gasteiger partial charge >= 0.3 is 0 Å². The summed E-state index contributed by atoms with van der Waals surface area (Å²) in [6.07, 6.45) is 1.34. The van der Waals surface area contributed by atoms with E-state index in [-0.39, 0.29) is 11.5 Å². The first-order chi connectivity index (χ1) is 8.53. The monoisotopic (exact) mass is 330 g/mol. The van der Waals surface area contributed by atoms with Crippen molar-refractivity contribution in [3.8, 4) is 0 Å². The van der Waals surface area contributed by atoms with Gasteiger partial charge in [-0.2, -0.15) is 0 Å². The first-order valence-electron chi connectivity index (χ1n) is 5.08. The smallest absolute Gasteiger partial charge is 0.263 e. The van der Waals surface area contributed by atoms with E-state index in [2.05, 4.69) is 25.6 Å². The minimum atomic E-state index is -3.65. The molecule has 96 valence electrons. The maximum atomic E-state index is 12.0. The third-order valence-electron chi connectivity index (χ3n) is 2.32. The van der Waals surface area contributed by atoms with Crippen molar-refractivity contribution in [2.45, 2.75) is 11.5 Å². The normalized spacial score (nSPS) is 11.4. The van der Waals surface area contributed by atoms with Crippen molar-refractivity contribution in [2.24, 2.45) is 0 Å². The van der Waals surface area contributed by atoms with Crippen molar-refractivity contribution in [3.05, 3.63) is 46.7 Å². The molecule has 0 atom stereocenters. The fourth-order valence-corrected chi connectivity index (χ4v) is 3.02. The third-order valence-corrected chi connectivity index (χ3v) is 4.35. The number of nitrogens with one attached hydrogen (secondary N) is 2. The minimum absolute atomic E-state index is 0.0855. The van der Waals surface area contributed by atoms with Gasteiger partial charge in [0.1, 0.15) is 4.90 Å². The van der Waals surface area contributed by atoms with E-state index < -0.39 is 10.0 Å². The summed E-state index contributed by atoms with van der Waals surface area (Å²) in [5.74, 6) is 0. The van der Waals surface area contributed by atoms with Crippen molar-refractivity contribution in [1.29, 1.82) is 0 Å². The second-order valence-electron chi connectivity index (χ2n) is 3.60. The summed E-state index contributed by atoms with van der Waals surface area (Å²) >= 11 is 3.27. The number of para-hydroxylation sites is 1. The second kappa shape index (κ2) is 5.13. The molecule has 0 aliphatic heterocycles. The van der Waals surface area contributed by atoms with Gasteiger partial charge in [-0.1, -0.05) is 12.1 Å². The number of aromatic nitrogens is 1. The molecule has 0 aliphatic rings. The molecule has 5 nitrogen and oxygen atoms in total. The molecule has 0 spiro atoms. The number of aliphatic hydroxyl groups excluding tert-OH is 1. The van der Waals surface area contributed by atoms with Crippen LogP contribution in [0, 0.1) is 0 Å². The van der Waals surface area contributed by atoms with Crippen LogP contribution in [-0.2, 0) is 16.6 Å². The van der Waals surface area contributed by atoms with E-state index in [0.29, 0.717) is 15.9 Å². The number of benzene rings is 1. The Hall–Kier alpha value is -1.31. The van der Waals surface area contributed by atoms with Crippen molar-refractivity contribution < 1.29 is 13.5 Å². The first kappa shape index (κ1) is 13.1. The van der Waals surface area contributed by atoms with Gasteiger partial charge in [-0.3, -0.25) is 4.72 Å². The minimum Gasteiger partial charge on any atom is -0.390 e. The highest BCUT2D eigenvalue weighted by Gasteiger charge is 2.16. The molecule has 1 aromatic carbocycles. The summed E-state index contributed by atoms with van der Waals surface area (Å²) in [7, 11) is -3.65. The Morgan fingerprint density at radius 2 is 2.06 bits per heavy atom. The maximum absolute atomic E-state index is 12.0. The predicted octanol–water partition coefficient (Wildman–Crippen LogP) is 2.07. The van der Waals surface area contributed by atoms with Gasteiger partial charge in [0.2, 0.25) is 0 Å². The van der Waals surface area contributed by atoms with Gasteiger partial charge in [0.25, 0.3) is 10.0 Å². The molecule has 0 unspecified atom stereocenters. The fourth-order valence-electron chi connectivity index (χ4n) is 1.41. The molecule has 1 heterocycles. The Kier molecular flexibility index (Phi) is 3.74. The highest BCUT2D eigenvalue weighted by Crippen LogP contribution is 2.24. The van der Waals surface area contributed by atoms with Gasteiger partial charge < -0.3 is 10.1 Å². The van der Waals surface area contributed by atoms with E-state index in [9.17, 15) is 8.42 Å². The molecule has 0 saturated heterocycles. The maximum Gasteiger partial charge on any atom is 0.263 e. The molecule has 1 aromatic heterocycles. The molecule has 0 aliphatic carbocycles. The highest BCUT2D eigenvalue weighted by molar-refractivity contribution is 9.10. The summed E-state index contributed by atoms with van der Waals surface area (Å²) < 4.78 is 27.2. The van der Waals surface area contributed by atoms with Gasteiger partial charge in [0.15, 0.2) is 0 Å². The molecule has 0 amide bonds. The van der Waals surface area contributed by atoms with Crippen LogP contribution in [0.1, 0.15) is 5.69 Å². The van der Waals surface area contributed by atoms with Gasteiger partial charge in [0, 0.05) is 16.4 Å². The lowest BCUT2D eigenvalue weighted by molar-refractivity contribution is 0.277. The van der Waals surface area contributed by atoms with Crippen LogP contribution in [0.15, 0.2) is 45.9 Å². The number of aromatic amines is 1. The average molecular weight is 331 g/mol. The number of hydrogen-bond donors (Lipinski definition) is 3. The number of rotatable bonds is 4. The number of hydrogen-bond acceptors (Lipinski definition) is 3. The number of aliphatic hydroxyl groups is 1. The second-order valence-corrected chi connectivity index (χ2v) is 6.14. The van der Waals surface area contributed by atoms with Crippen LogP contribution >= 0.6 is 15.9 Å². The Balaban J connectivity index is 2.30. The topological polar surface area (TPSA) is 82.2 Å². The van der Waals surface area contributed by atoms with E-state index in [0.717, 1.165) is 0 Å². The van der Waals surface area contributed by atoms with E-state index in [1.807, 2.05) is 0 Å². The molecule has 7 heteroatoms. The van der Waals surface area contributed by atoms with Crippen molar-refractivity contribution in [2.75, 3.05) is 4.72 Å². The molecule has 0 radical (unpaired) electrons. The van der Waals surface area contributed by atoms with E-state index in [1.165, 1.54) is 12.3 Å². The van der Waals surface area contributed by atoms with E-state index >= 15 is 0 Å². The molecular weight excluding hydrogens is 320 g/mol. The fraction of sp³-hybridized carbons (Fsp3) is 0.0909. The Morgan fingerprint density at radius 3 is 2.67 bits per heavy atom. The largest absolute Gasteiger partial charge is 0.390 e. The van der Waals surface area contributed by atoms with Crippen molar-refractivity contribution >= 4 is 31.6 Å². The summed E-state index contributed by atoms with van der Waals surface area (Å²) in [5, 5.41) is 8.90. The highest BCUT2D eigenvalue weighted by atomic mass is 79.9. The lowest BCUT2D eigenvalue weighted by Crippen LogP contribution is -2.12. The lowest BCUT2D eigenvalue weighted by Gasteiger charge is -2.07. The van der Waals surface area contributed by atoms with Gasteiger partial charge in [-0.05, 0) is 34.1 Å². The summed E-state index contributed by atoms with van der Waals surface area (Å²) in [6.45, 7) is -0.232. The summed E-state index contributed by atoms with van der Waals surface area (Å²) in [6, 6.07) is 8.31. The van der Waals surface area contributed by atoms with E-state index in [4.69, 9.17) is 5.11 Å².